The second kappa shape index (κ2) is 7.59. The second-order valence-electron chi connectivity index (χ2n) is 8.33. The Hall–Kier alpha value is -2.73. The van der Waals surface area contributed by atoms with Crippen LogP contribution in [0.2, 0.25) is 0 Å². The Morgan fingerprint density at radius 1 is 0.931 bits per heavy atom. The molecule has 6 nitrogen and oxygen atoms in total. The summed E-state index contributed by atoms with van der Waals surface area (Å²) in [5, 5.41) is 4.77. The summed E-state index contributed by atoms with van der Waals surface area (Å²) >= 11 is 0. The third kappa shape index (κ3) is 3.53. The van der Waals surface area contributed by atoms with Crippen LogP contribution in [-0.2, 0) is 13.6 Å². The highest BCUT2D eigenvalue weighted by Gasteiger charge is 2.43. The highest BCUT2D eigenvalue weighted by atomic mass is 15.3. The maximum atomic E-state index is 4.77. The minimum absolute atomic E-state index is 0.301. The summed E-state index contributed by atoms with van der Waals surface area (Å²) in [5.41, 5.74) is 3.95. The molecule has 29 heavy (non-hydrogen) atoms. The molecule has 0 N–H and O–H groups in total. The monoisotopic (exact) mass is 388 g/mol. The van der Waals surface area contributed by atoms with Gasteiger partial charge < -0.3 is 4.90 Å². The number of nitrogens with zero attached hydrogens (tertiary/aromatic N) is 6. The van der Waals surface area contributed by atoms with Gasteiger partial charge in [0.25, 0.3) is 0 Å². The van der Waals surface area contributed by atoms with Crippen LogP contribution in [0.4, 0.5) is 5.95 Å². The van der Waals surface area contributed by atoms with Crippen molar-refractivity contribution in [1.82, 2.24) is 24.6 Å². The highest BCUT2D eigenvalue weighted by Crippen LogP contribution is 2.40. The molecule has 2 fully saturated rings. The first kappa shape index (κ1) is 18.3. The van der Waals surface area contributed by atoms with Crippen molar-refractivity contribution in [2.45, 2.75) is 37.8 Å². The molecular weight excluding hydrogens is 360 g/mol. The van der Waals surface area contributed by atoms with E-state index in [1.165, 1.54) is 43.4 Å². The van der Waals surface area contributed by atoms with Gasteiger partial charge in [-0.05, 0) is 38.3 Å². The predicted octanol–water partition coefficient (Wildman–Crippen LogP) is 3.51. The summed E-state index contributed by atoms with van der Waals surface area (Å²) in [6, 6.07) is 12.4. The van der Waals surface area contributed by atoms with E-state index >= 15 is 0 Å². The van der Waals surface area contributed by atoms with E-state index < -0.39 is 0 Å². The lowest BCUT2D eigenvalue weighted by Gasteiger charge is -2.45. The van der Waals surface area contributed by atoms with E-state index in [9.17, 15) is 0 Å². The minimum atomic E-state index is 0.301. The Labute approximate surface area is 172 Å². The van der Waals surface area contributed by atoms with Crippen molar-refractivity contribution >= 4 is 5.95 Å². The second-order valence-corrected chi connectivity index (χ2v) is 8.33. The molecule has 2 saturated heterocycles. The maximum absolute atomic E-state index is 4.77. The highest BCUT2D eigenvalue weighted by molar-refractivity contribution is 5.62. The standard InChI is InChI=1S/C23H28N6/c1-27-17-20(21(26-27)19-7-3-2-4-8-19)18-29-14-5-9-23(29)10-15-28(16-11-23)22-24-12-6-13-25-22/h2-4,6-8,12-13,17H,5,9-11,14-16,18H2,1H3. The van der Waals surface area contributed by atoms with E-state index in [2.05, 4.69) is 56.3 Å². The van der Waals surface area contributed by atoms with Crippen molar-refractivity contribution in [3.63, 3.8) is 0 Å². The molecule has 1 aromatic carbocycles. The van der Waals surface area contributed by atoms with Crippen molar-refractivity contribution in [2.24, 2.45) is 7.05 Å². The lowest BCUT2D eigenvalue weighted by Crippen LogP contribution is -2.52. The number of piperidine rings is 1. The van der Waals surface area contributed by atoms with Gasteiger partial charge in [-0.3, -0.25) is 9.58 Å². The predicted molar refractivity (Wildman–Crippen MR) is 114 cm³/mol. The molecule has 150 valence electrons. The van der Waals surface area contributed by atoms with Crippen molar-refractivity contribution in [2.75, 3.05) is 24.5 Å². The van der Waals surface area contributed by atoms with Gasteiger partial charge in [0.15, 0.2) is 0 Å². The molecule has 0 amide bonds. The topological polar surface area (TPSA) is 50.1 Å². The largest absolute Gasteiger partial charge is 0.341 e. The summed E-state index contributed by atoms with van der Waals surface area (Å²) in [7, 11) is 2.02. The van der Waals surface area contributed by atoms with Gasteiger partial charge in [-0.1, -0.05) is 30.3 Å². The molecular formula is C23H28N6. The number of aromatic nitrogens is 4. The molecule has 2 aliphatic rings. The average Bonchev–Trinajstić information content (AvgIpc) is 3.33. The van der Waals surface area contributed by atoms with Gasteiger partial charge in [0.1, 0.15) is 0 Å². The van der Waals surface area contributed by atoms with Gasteiger partial charge >= 0.3 is 0 Å². The Kier molecular flexibility index (Phi) is 4.79. The first-order chi connectivity index (χ1) is 14.2. The molecule has 0 atom stereocenters. The molecule has 5 rings (SSSR count). The molecule has 3 aromatic rings. The number of anilines is 1. The van der Waals surface area contributed by atoms with E-state index in [-0.39, 0.29) is 0 Å². The van der Waals surface area contributed by atoms with E-state index in [1.807, 2.05) is 30.2 Å². The summed E-state index contributed by atoms with van der Waals surface area (Å²) in [5.74, 6) is 0.866. The lowest BCUT2D eigenvalue weighted by molar-refractivity contribution is 0.0996. The number of hydrogen-bond acceptors (Lipinski definition) is 5. The third-order valence-electron chi connectivity index (χ3n) is 6.58. The van der Waals surface area contributed by atoms with E-state index in [4.69, 9.17) is 5.10 Å². The van der Waals surface area contributed by atoms with Gasteiger partial charge in [0.05, 0.1) is 5.69 Å². The van der Waals surface area contributed by atoms with Crippen molar-refractivity contribution in [3.05, 3.63) is 60.6 Å². The molecule has 0 saturated carbocycles. The van der Waals surface area contributed by atoms with E-state index in [1.54, 1.807) is 0 Å². The Morgan fingerprint density at radius 2 is 1.69 bits per heavy atom. The first-order valence-corrected chi connectivity index (χ1v) is 10.6. The molecule has 6 heteroatoms. The smallest absolute Gasteiger partial charge is 0.225 e. The van der Waals surface area contributed by atoms with Crippen LogP contribution in [0.1, 0.15) is 31.2 Å². The van der Waals surface area contributed by atoms with Crippen LogP contribution in [-0.4, -0.2) is 49.8 Å². The number of likely N-dealkylation sites (tertiary alicyclic amines) is 1. The quantitative estimate of drug-likeness (QED) is 0.685. The summed E-state index contributed by atoms with van der Waals surface area (Å²) in [6.45, 7) is 4.20. The Morgan fingerprint density at radius 3 is 2.45 bits per heavy atom. The van der Waals surface area contributed by atoms with Crippen molar-refractivity contribution < 1.29 is 0 Å². The van der Waals surface area contributed by atoms with Crippen LogP contribution in [0.3, 0.4) is 0 Å². The third-order valence-corrected chi connectivity index (χ3v) is 6.58. The van der Waals surface area contributed by atoms with Crippen LogP contribution >= 0.6 is 0 Å². The van der Waals surface area contributed by atoms with Gasteiger partial charge in [-0.15, -0.1) is 0 Å². The number of benzene rings is 1. The van der Waals surface area contributed by atoms with Crippen LogP contribution in [0.5, 0.6) is 0 Å². The van der Waals surface area contributed by atoms with Gasteiger partial charge in [0.2, 0.25) is 5.95 Å². The fourth-order valence-corrected chi connectivity index (χ4v) is 5.08. The molecule has 0 bridgehead atoms. The van der Waals surface area contributed by atoms with Gasteiger partial charge in [-0.25, -0.2) is 9.97 Å². The lowest BCUT2D eigenvalue weighted by atomic mass is 9.84. The molecule has 1 spiro atoms. The van der Waals surface area contributed by atoms with Crippen LogP contribution < -0.4 is 4.90 Å². The van der Waals surface area contributed by atoms with Gasteiger partial charge in [0, 0.05) is 61.9 Å². The zero-order chi connectivity index (χ0) is 19.7. The van der Waals surface area contributed by atoms with E-state index in [0.717, 1.165) is 31.3 Å². The zero-order valence-corrected chi connectivity index (χ0v) is 17.0. The molecule has 4 heterocycles. The zero-order valence-electron chi connectivity index (χ0n) is 17.0. The maximum Gasteiger partial charge on any atom is 0.225 e. The molecule has 0 unspecified atom stereocenters. The average molecular weight is 389 g/mol. The SMILES string of the molecule is Cn1cc(CN2CCCC23CCN(c2ncccn2)CC3)c(-c2ccccc2)n1. The summed E-state index contributed by atoms with van der Waals surface area (Å²) < 4.78 is 1.95. The Balaban J connectivity index is 1.34. The van der Waals surface area contributed by atoms with Crippen LogP contribution in [0.15, 0.2) is 55.0 Å². The molecule has 2 aliphatic heterocycles. The van der Waals surface area contributed by atoms with Crippen LogP contribution in [0, 0.1) is 0 Å². The Bertz CT molecular complexity index is 944. The van der Waals surface area contributed by atoms with Crippen LogP contribution in [0.25, 0.3) is 11.3 Å². The number of rotatable bonds is 4. The first-order valence-electron chi connectivity index (χ1n) is 10.6. The summed E-state index contributed by atoms with van der Waals surface area (Å²) in [6.07, 6.45) is 10.8. The normalized spacial score (nSPS) is 19.1. The number of aryl methyl sites for hydroxylation is 1. The molecule has 0 radical (unpaired) electrons. The number of hydrogen-bond donors (Lipinski definition) is 0. The fourth-order valence-electron chi connectivity index (χ4n) is 5.08. The fraction of sp³-hybridized carbons (Fsp3) is 0.435. The van der Waals surface area contributed by atoms with Crippen molar-refractivity contribution in [3.8, 4) is 11.3 Å². The van der Waals surface area contributed by atoms with Gasteiger partial charge in [-0.2, -0.15) is 5.10 Å². The molecule has 0 aliphatic carbocycles. The molecule has 2 aromatic heterocycles. The van der Waals surface area contributed by atoms with Crippen molar-refractivity contribution in [1.29, 1.82) is 0 Å². The summed E-state index contributed by atoms with van der Waals surface area (Å²) in [4.78, 5) is 13.9. The van der Waals surface area contributed by atoms with E-state index in [0.29, 0.717) is 5.54 Å². The minimum Gasteiger partial charge on any atom is -0.341 e.